The van der Waals surface area contributed by atoms with Crippen molar-refractivity contribution < 1.29 is 14.6 Å². The molecule has 0 spiro atoms. The standard InChI is InChI=1S/C15H14FN3O2S/c16-11-3-1-10(2-4-11)12-9-22-15(18-12)17-7-8-19-13(20)5-6-14(19)21/h1-6,9,20-21H,7-8H2,(H,17,18). The zero-order chi connectivity index (χ0) is 15.5. The highest BCUT2D eigenvalue weighted by Gasteiger charge is 2.07. The maximum atomic E-state index is 12.9. The van der Waals surface area contributed by atoms with Gasteiger partial charge in [-0.25, -0.2) is 9.37 Å². The van der Waals surface area contributed by atoms with Gasteiger partial charge in [0.15, 0.2) is 16.9 Å². The zero-order valence-electron chi connectivity index (χ0n) is 11.5. The van der Waals surface area contributed by atoms with Crippen LogP contribution in [0.3, 0.4) is 0 Å². The van der Waals surface area contributed by atoms with Crippen LogP contribution in [0.15, 0.2) is 41.8 Å². The van der Waals surface area contributed by atoms with Crippen LogP contribution in [0.1, 0.15) is 0 Å². The number of anilines is 1. The minimum atomic E-state index is -0.274. The van der Waals surface area contributed by atoms with E-state index in [1.165, 1.54) is 40.2 Å². The molecule has 0 unspecified atom stereocenters. The maximum absolute atomic E-state index is 12.9. The fourth-order valence-electron chi connectivity index (χ4n) is 2.06. The van der Waals surface area contributed by atoms with Gasteiger partial charge in [0, 0.05) is 36.2 Å². The summed E-state index contributed by atoms with van der Waals surface area (Å²) in [5.41, 5.74) is 1.63. The molecule has 114 valence electrons. The van der Waals surface area contributed by atoms with Crippen LogP contribution in [0.25, 0.3) is 11.3 Å². The molecule has 5 nitrogen and oxygen atoms in total. The van der Waals surface area contributed by atoms with Crippen LogP contribution in [0.4, 0.5) is 9.52 Å². The minimum absolute atomic E-state index is 0.0189. The van der Waals surface area contributed by atoms with Gasteiger partial charge in [0.2, 0.25) is 0 Å². The molecule has 0 saturated carbocycles. The lowest BCUT2D eigenvalue weighted by molar-refractivity contribution is 0.371. The molecule has 2 heterocycles. The van der Waals surface area contributed by atoms with E-state index < -0.39 is 0 Å². The van der Waals surface area contributed by atoms with Crippen molar-refractivity contribution in [1.29, 1.82) is 0 Å². The Morgan fingerprint density at radius 2 is 1.77 bits per heavy atom. The Morgan fingerprint density at radius 1 is 1.09 bits per heavy atom. The molecule has 0 saturated heterocycles. The molecular weight excluding hydrogens is 305 g/mol. The van der Waals surface area contributed by atoms with Crippen molar-refractivity contribution in [3.8, 4) is 23.0 Å². The summed E-state index contributed by atoms with van der Waals surface area (Å²) in [4.78, 5) is 4.42. The van der Waals surface area contributed by atoms with E-state index >= 15 is 0 Å². The molecule has 7 heteroatoms. The van der Waals surface area contributed by atoms with Crippen LogP contribution in [-0.2, 0) is 6.54 Å². The van der Waals surface area contributed by atoms with Crippen molar-refractivity contribution in [2.45, 2.75) is 6.54 Å². The summed E-state index contributed by atoms with van der Waals surface area (Å²) in [7, 11) is 0. The molecule has 22 heavy (non-hydrogen) atoms. The van der Waals surface area contributed by atoms with Gasteiger partial charge < -0.3 is 15.5 Å². The third-order valence-electron chi connectivity index (χ3n) is 3.19. The first-order valence-corrected chi connectivity index (χ1v) is 7.54. The molecule has 0 amide bonds. The number of aromatic hydroxyl groups is 2. The molecule has 0 aliphatic rings. The number of hydrogen-bond acceptors (Lipinski definition) is 5. The minimum Gasteiger partial charge on any atom is -0.494 e. The lowest BCUT2D eigenvalue weighted by Gasteiger charge is -2.07. The first-order chi connectivity index (χ1) is 10.6. The quantitative estimate of drug-likeness (QED) is 0.675. The molecule has 0 aliphatic heterocycles. The van der Waals surface area contributed by atoms with E-state index in [0.717, 1.165) is 16.4 Å². The Balaban J connectivity index is 1.61. The summed E-state index contributed by atoms with van der Waals surface area (Å²) in [5, 5.41) is 24.8. The maximum Gasteiger partial charge on any atom is 0.193 e. The Morgan fingerprint density at radius 3 is 2.45 bits per heavy atom. The summed E-state index contributed by atoms with van der Waals surface area (Å²) in [6.45, 7) is 0.919. The van der Waals surface area contributed by atoms with E-state index in [4.69, 9.17) is 0 Å². The molecular formula is C15H14FN3O2S. The van der Waals surface area contributed by atoms with Gasteiger partial charge in [0.25, 0.3) is 0 Å². The van der Waals surface area contributed by atoms with Crippen molar-refractivity contribution in [3.05, 3.63) is 47.6 Å². The fraction of sp³-hybridized carbons (Fsp3) is 0.133. The second-order valence-corrected chi connectivity index (χ2v) is 5.53. The summed E-state index contributed by atoms with van der Waals surface area (Å²) < 4.78 is 14.3. The van der Waals surface area contributed by atoms with Gasteiger partial charge in [-0.2, -0.15) is 0 Å². The van der Waals surface area contributed by atoms with Gasteiger partial charge in [-0.3, -0.25) is 4.57 Å². The van der Waals surface area contributed by atoms with Crippen LogP contribution < -0.4 is 5.32 Å². The molecule has 1 aromatic carbocycles. The molecule has 3 aromatic rings. The van der Waals surface area contributed by atoms with E-state index in [1.54, 1.807) is 12.1 Å². The van der Waals surface area contributed by atoms with E-state index in [-0.39, 0.29) is 17.6 Å². The van der Waals surface area contributed by atoms with Crippen molar-refractivity contribution in [2.24, 2.45) is 0 Å². The Labute approximate surface area is 130 Å². The van der Waals surface area contributed by atoms with Gasteiger partial charge in [0.05, 0.1) is 5.69 Å². The van der Waals surface area contributed by atoms with Crippen LogP contribution in [-0.4, -0.2) is 26.3 Å². The summed E-state index contributed by atoms with van der Waals surface area (Å²) in [6, 6.07) is 9.05. The second kappa shape index (κ2) is 6.07. The molecule has 0 radical (unpaired) electrons. The topological polar surface area (TPSA) is 70.3 Å². The summed E-state index contributed by atoms with van der Waals surface area (Å²) in [5.74, 6) is -0.237. The Hall–Kier alpha value is -2.54. The largest absolute Gasteiger partial charge is 0.494 e. The molecule has 2 aromatic heterocycles. The lowest BCUT2D eigenvalue weighted by Crippen LogP contribution is -2.09. The highest BCUT2D eigenvalue weighted by molar-refractivity contribution is 7.14. The molecule has 0 bridgehead atoms. The van der Waals surface area contributed by atoms with Gasteiger partial charge in [-0.05, 0) is 24.3 Å². The van der Waals surface area contributed by atoms with E-state index in [0.29, 0.717) is 13.1 Å². The van der Waals surface area contributed by atoms with Gasteiger partial charge >= 0.3 is 0 Å². The number of hydrogen-bond donors (Lipinski definition) is 3. The van der Waals surface area contributed by atoms with Gasteiger partial charge in [-0.1, -0.05) is 0 Å². The number of rotatable bonds is 5. The van der Waals surface area contributed by atoms with E-state index in [2.05, 4.69) is 10.3 Å². The molecule has 0 aliphatic carbocycles. The number of nitrogens with zero attached hydrogens (tertiary/aromatic N) is 2. The third-order valence-corrected chi connectivity index (χ3v) is 3.99. The first-order valence-electron chi connectivity index (χ1n) is 6.66. The Kier molecular flexibility index (Phi) is 3.97. The van der Waals surface area contributed by atoms with Crippen LogP contribution in [0.5, 0.6) is 11.8 Å². The number of aromatic nitrogens is 2. The average Bonchev–Trinajstić information content (AvgIpc) is 3.10. The van der Waals surface area contributed by atoms with Crippen molar-refractivity contribution in [2.75, 3.05) is 11.9 Å². The number of thiazole rings is 1. The first kappa shape index (κ1) is 14.4. The summed E-state index contributed by atoms with van der Waals surface area (Å²) >= 11 is 1.44. The average molecular weight is 319 g/mol. The van der Waals surface area contributed by atoms with Crippen molar-refractivity contribution in [3.63, 3.8) is 0 Å². The highest BCUT2D eigenvalue weighted by atomic mass is 32.1. The summed E-state index contributed by atoms with van der Waals surface area (Å²) in [6.07, 6.45) is 0. The van der Waals surface area contributed by atoms with Crippen LogP contribution >= 0.6 is 11.3 Å². The van der Waals surface area contributed by atoms with Crippen LogP contribution in [0, 0.1) is 5.82 Å². The van der Waals surface area contributed by atoms with Crippen LogP contribution in [0.2, 0.25) is 0 Å². The van der Waals surface area contributed by atoms with Crippen molar-refractivity contribution >= 4 is 16.5 Å². The molecule has 3 rings (SSSR count). The molecule has 0 atom stereocenters. The lowest BCUT2D eigenvalue weighted by atomic mass is 10.2. The van der Waals surface area contributed by atoms with Gasteiger partial charge in [0.1, 0.15) is 5.82 Å². The number of benzene rings is 1. The van der Waals surface area contributed by atoms with Gasteiger partial charge in [-0.15, -0.1) is 11.3 Å². The Bertz CT molecular complexity index is 748. The van der Waals surface area contributed by atoms with E-state index in [1.807, 2.05) is 5.38 Å². The monoisotopic (exact) mass is 319 g/mol. The fourth-order valence-corrected chi connectivity index (χ4v) is 2.81. The second-order valence-electron chi connectivity index (χ2n) is 4.67. The highest BCUT2D eigenvalue weighted by Crippen LogP contribution is 2.25. The number of nitrogens with one attached hydrogen (secondary N) is 1. The zero-order valence-corrected chi connectivity index (χ0v) is 12.3. The third kappa shape index (κ3) is 3.04. The SMILES string of the molecule is Oc1ccc(O)n1CCNc1nc(-c2ccc(F)cc2)cs1. The number of halogens is 1. The normalized spacial score (nSPS) is 10.8. The predicted molar refractivity (Wildman–Crippen MR) is 83.8 cm³/mol. The smallest absolute Gasteiger partial charge is 0.193 e. The molecule has 3 N–H and O–H groups in total. The molecule has 0 fully saturated rings. The predicted octanol–water partition coefficient (Wildman–Crippen LogP) is 3.27. The van der Waals surface area contributed by atoms with E-state index in [9.17, 15) is 14.6 Å². The van der Waals surface area contributed by atoms with Crippen molar-refractivity contribution in [1.82, 2.24) is 9.55 Å².